The predicted molar refractivity (Wildman–Crippen MR) is 118 cm³/mol. The Labute approximate surface area is 187 Å². The van der Waals surface area contributed by atoms with Crippen LogP contribution in [-0.4, -0.2) is 39.2 Å². The van der Waals surface area contributed by atoms with Gasteiger partial charge >= 0.3 is 0 Å². The van der Waals surface area contributed by atoms with Gasteiger partial charge in [0.05, 0.1) is 11.5 Å². The van der Waals surface area contributed by atoms with Crippen LogP contribution in [0.3, 0.4) is 0 Å². The molecule has 0 atom stereocenters. The summed E-state index contributed by atoms with van der Waals surface area (Å²) in [5.74, 6) is 0.714. The zero-order valence-corrected chi connectivity index (χ0v) is 17.4. The lowest BCUT2D eigenvalue weighted by atomic mass is 10.2. The molecule has 3 N–H and O–H groups in total. The number of thiocarbonyl (C=S) groups is 1. The van der Waals surface area contributed by atoms with Gasteiger partial charge in [0, 0.05) is 23.8 Å². The van der Waals surface area contributed by atoms with Gasteiger partial charge in [-0.25, -0.2) is 4.98 Å². The van der Waals surface area contributed by atoms with E-state index >= 15 is 0 Å². The second-order valence-electron chi connectivity index (χ2n) is 6.28. The van der Waals surface area contributed by atoms with Gasteiger partial charge in [0.2, 0.25) is 5.88 Å². The molecule has 3 aromatic rings. The average molecular weight is 454 g/mol. The molecule has 1 heterocycles. The molecule has 0 aliphatic heterocycles. The SMILES string of the molecule is O=C(NCCOc1ccc(C(=S)NO)cc1)c1cccc(Oc2ccc([N+](=O)[O-])cc2)n1. The van der Waals surface area contributed by atoms with Gasteiger partial charge < -0.3 is 14.8 Å². The third kappa shape index (κ3) is 6.20. The fraction of sp³-hybridized carbons (Fsp3) is 0.0952. The molecular weight excluding hydrogens is 436 g/mol. The first-order valence-corrected chi connectivity index (χ1v) is 9.72. The van der Waals surface area contributed by atoms with Crippen molar-refractivity contribution < 1.29 is 24.4 Å². The van der Waals surface area contributed by atoms with Crippen LogP contribution in [0.2, 0.25) is 0 Å². The van der Waals surface area contributed by atoms with Crippen molar-refractivity contribution >= 4 is 28.8 Å². The van der Waals surface area contributed by atoms with Crippen LogP contribution in [0, 0.1) is 10.1 Å². The van der Waals surface area contributed by atoms with Crippen LogP contribution in [0.15, 0.2) is 66.7 Å². The zero-order chi connectivity index (χ0) is 22.9. The van der Waals surface area contributed by atoms with Crippen LogP contribution in [0.4, 0.5) is 5.69 Å². The fourth-order valence-corrected chi connectivity index (χ4v) is 2.68. The van der Waals surface area contributed by atoms with Gasteiger partial charge in [-0.1, -0.05) is 18.3 Å². The molecular formula is C21H18N4O6S. The van der Waals surface area contributed by atoms with Crippen molar-refractivity contribution in [3.05, 3.63) is 88.1 Å². The molecule has 1 amide bonds. The summed E-state index contributed by atoms with van der Waals surface area (Å²) in [4.78, 5) is 26.9. The Bertz CT molecular complexity index is 1110. The number of nitro groups is 1. The lowest BCUT2D eigenvalue weighted by molar-refractivity contribution is -0.384. The number of hydrogen-bond acceptors (Lipinski definition) is 8. The normalized spacial score (nSPS) is 10.2. The number of benzene rings is 2. The van der Waals surface area contributed by atoms with Gasteiger partial charge in [-0.3, -0.25) is 25.6 Å². The van der Waals surface area contributed by atoms with E-state index in [0.29, 0.717) is 17.1 Å². The number of hydrogen-bond donors (Lipinski definition) is 3. The number of pyridine rings is 1. The molecule has 0 spiro atoms. The predicted octanol–water partition coefficient (Wildman–Crippen LogP) is 3.25. The molecule has 0 aliphatic rings. The van der Waals surface area contributed by atoms with Gasteiger partial charge in [-0.2, -0.15) is 0 Å². The Morgan fingerprint density at radius 1 is 1.06 bits per heavy atom. The van der Waals surface area contributed by atoms with E-state index in [9.17, 15) is 14.9 Å². The standard InChI is InChI=1S/C21H18N4O6S/c26-20(22-12-13-30-16-8-4-14(5-9-16)21(32)24-27)18-2-1-3-19(23-18)31-17-10-6-15(7-11-17)25(28)29/h1-11,27H,12-13H2,(H,22,26)(H,24,32). The summed E-state index contributed by atoms with van der Waals surface area (Å²) in [6, 6.07) is 17.0. The maximum Gasteiger partial charge on any atom is 0.270 e. The summed E-state index contributed by atoms with van der Waals surface area (Å²) < 4.78 is 11.1. The highest BCUT2D eigenvalue weighted by molar-refractivity contribution is 7.80. The summed E-state index contributed by atoms with van der Waals surface area (Å²) in [6.07, 6.45) is 0. The van der Waals surface area contributed by atoms with Crippen LogP contribution < -0.4 is 20.3 Å². The highest BCUT2D eigenvalue weighted by Gasteiger charge is 2.10. The minimum atomic E-state index is -0.504. The van der Waals surface area contributed by atoms with E-state index in [0.717, 1.165) is 0 Å². The number of aromatic nitrogens is 1. The monoisotopic (exact) mass is 454 g/mol. The number of carbonyl (C=O) groups is 1. The van der Waals surface area contributed by atoms with E-state index in [1.807, 2.05) is 5.48 Å². The number of amides is 1. The third-order valence-corrected chi connectivity index (χ3v) is 4.43. The first kappa shape index (κ1) is 22.6. The number of hydroxylamine groups is 1. The van der Waals surface area contributed by atoms with E-state index in [1.54, 1.807) is 36.4 Å². The Morgan fingerprint density at radius 2 is 1.75 bits per heavy atom. The Balaban J connectivity index is 1.49. The number of non-ortho nitro benzene ring substituents is 1. The number of ether oxygens (including phenoxy) is 2. The highest BCUT2D eigenvalue weighted by atomic mass is 32.1. The second kappa shape index (κ2) is 10.8. The van der Waals surface area contributed by atoms with Crippen molar-refractivity contribution in [2.75, 3.05) is 13.2 Å². The van der Waals surface area contributed by atoms with Crippen LogP contribution >= 0.6 is 12.2 Å². The van der Waals surface area contributed by atoms with Gasteiger partial charge in [0.15, 0.2) is 0 Å². The van der Waals surface area contributed by atoms with Crippen molar-refractivity contribution in [3.8, 4) is 17.4 Å². The first-order valence-electron chi connectivity index (χ1n) is 9.31. The molecule has 1 aromatic heterocycles. The van der Waals surface area contributed by atoms with Crippen molar-refractivity contribution in [1.82, 2.24) is 15.8 Å². The Morgan fingerprint density at radius 3 is 2.41 bits per heavy atom. The zero-order valence-electron chi connectivity index (χ0n) is 16.6. The average Bonchev–Trinajstić information content (AvgIpc) is 2.82. The van der Waals surface area contributed by atoms with Gasteiger partial charge in [-0.05, 0) is 42.5 Å². The van der Waals surface area contributed by atoms with Crippen LogP contribution in [0.25, 0.3) is 0 Å². The first-order chi connectivity index (χ1) is 15.5. The van der Waals surface area contributed by atoms with E-state index in [-0.39, 0.29) is 35.4 Å². The summed E-state index contributed by atoms with van der Waals surface area (Å²) >= 11 is 4.92. The van der Waals surface area contributed by atoms with Crippen molar-refractivity contribution in [3.63, 3.8) is 0 Å². The Hall–Kier alpha value is -4.09. The fourth-order valence-electron chi connectivity index (χ4n) is 2.55. The molecule has 0 radical (unpaired) electrons. The molecule has 3 rings (SSSR count). The molecule has 11 heteroatoms. The van der Waals surface area contributed by atoms with Crippen LogP contribution in [-0.2, 0) is 0 Å². The van der Waals surface area contributed by atoms with E-state index in [4.69, 9.17) is 26.9 Å². The second-order valence-corrected chi connectivity index (χ2v) is 6.69. The highest BCUT2D eigenvalue weighted by Crippen LogP contribution is 2.22. The molecule has 0 bridgehead atoms. The third-order valence-electron chi connectivity index (χ3n) is 4.10. The summed E-state index contributed by atoms with van der Waals surface area (Å²) in [5.41, 5.74) is 2.65. The van der Waals surface area contributed by atoms with Crippen molar-refractivity contribution in [2.45, 2.75) is 0 Å². The maximum absolute atomic E-state index is 12.3. The molecule has 2 aromatic carbocycles. The van der Waals surface area contributed by atoms with Crippen LogP contribution in [0.1, 0.15) is 16.1 Å². The minimum Gasteiger partial charge on any atom is -0.492 e. The largest absolute Gasteiger partial charge is 0.492 e. The number of nitrogens with one attached hydrogen (secondary N) is 2. The van der Waals surface area contributed by atoms with E-state index in [1.165, 1.54) is 30.3 Å². The number of rotatable bonds is 9. The summed E-state index contributed by atoms with van der Waals surface area (Å²) in [7, 11) is 0. The molecule has 0 unspecified atom stereocenters. The van der Waals surface area contributed by atoms with Gasteiger partial charge in [-0.15, -0.1) is 0 Å². The summed E-state index contributed by atoms with van der Waals surface area (Å²) in [6.45, 7) is 0.471. The summed E-state index contributed by atoms with van der Waals surface area (Å²) in [5, 5.41) is 22.2. The molecule has 0 aliphatic carbocycles. The van der Waals surface area contributed by atoms with E-state index in [2.05, 4.69) is 10.3 Å². The minimum absolute atomic E-state index is 0.0535. The number of carbonyl (C=O) groups excluding carboxylic acids is 1. The van der Waals surface area contributed by atoms with Crippen molar-refractivity contribution in [2.24, 2.45) is 0 Å². The number of nitrogens with zero attached hydrogens (tertiary/aromatic N) is 2. The maximum atomic E-state index is 12.3. The van der Waals surface area contributed by atoms with Gasteiger partial charge in [0.25, 0.3) is 11.6 Å². The van der Waals surface area contributed by atoms with Gasteiger partial charge in [0.1, 0.15) is 28.8 Å². The molecule has 32 heavy (non-hydrogen) atoms. The Kier molecular flexibility index (Phi) is 7.62. The number of nitro benzene ring substituents is 1. The molecule has 0 saturated heterocycles. The quantitative estimate of drug-likeness (QED) is 0.193. The smallest absolute Gasteiger partial charge is 0.270 e. The molecule has 0 fully saturated rings. The van der Waals surface area contributed by atoms with Crippen LogP contribution in [0.5, 0.6) is 17.4 Å². The molecule has 164 valence electrons. The molecule has 0 saturated carbocycles. The van der Waals surface area contributed by atoms with E-state index < -0.39 is 10.8 Å². The lowest BCUT2D eigenvalue weighted by Gasteiger charge is -2.09. The topological polar surface area (TPSA) is 136 Å². The lowest BCUT2D eigenvalue weighted by Crippen LogP contribution is -2.28. The van der Waals surface area contributed by atoms with Crippen molar-refractivity contribution in [1.29, 1.82) is 0 Å². The molecule has 10 nitrogen and oxygen atoms in total.